The van der Waals surface area contributed by atoms with Crippen LogP contribution in [0.25, 0.3) is 0 Å². The molecule has 0 radical (unpaired) electrons. The number of aryl methyl sites for hydroxylation is 2. The van der Waals surface area contributed by atoms with Gasteiger partial charge in [-0.2, -0.15) is 4.31 Å². The highest BCUT2D eigenvalue weighted by molar-refractivity contribution is 7.89. The van der Waals surface area contributed by atoms with E-state index in [0.717, 1.165) is 35.7 Å². The third-order valence-electron chi connectivity index (χ3n) is 6.12. The lowest BCUT2D eigenvalue weighted by molar-refractivity contribution is 0.383. The van der Waals surface area contributed by atoms with E-state index < -0.39 is 10.0 Å². The third-order valence-corrected chi connectivity index (χ3v) is 8.20. The number of nitrogens with zero attached hydrogens (tertiary/aromatic N) is 4. The molecule has 0 bridgehead atoms. The number of hydrogen-bond acceptors (Lipinski definition) is 5. The first-order valence-electron chi connectivity index (χ1n) is 11.4. The van der Waals surface area contributed by atoms with Gasteiger partial charge < -0.3 is 4.90 Å². The molecule has 0 spiro atoms. The maximum Gasteiger partial charge on any atom is 0.214 e. The van der Waals surface area contributed by atoms with E-state index in [1.54, 1.807) is 4.31 Å². The molecule has 1 fully saturated rings. The Bertz CT molecular complexity index is 999. The average molecular weight is 445 g/mol. The van der Waals surface area contributed by atoms with Crippen molar-refractivity contribution in [1.82, 2.24) is 14.3 Å². The van der Waals surface area contributed by atoms with E-state index in [1.165, 1.54) is 11.1 Å². The van der Waals surface area contributed by atoms with Crippen molar-refractivity contribution in [1.29, 1.82) is 0 Å². The van der Waals surface area contributed by atoms with E-state index in [1.807, 2.05) is 6.92 Å². The van der Waals surface area contributed by atoms with Crippen LogP contribution in [0.4, 0.5) is 5.82 Å². The van der Waals surface area contributed by atoms with Crippen LogP contribution in [0, 0.1) is 13.8 Å². The summed E-state index contributed by atoms with van der Waals surface area (Å²) in [6.45, 7) is 12.7. The van der Waals surface area contributed by atoms with Gasteiger partial charge in [-0.15, -0.1) is 0 Å². The van der Waals surface area contributed by atoms with Gasteiger partial charge in [-0.05, 0) is 32.3 Å². The van der Waals surface area contributed by atoms with Crippen molar-refractivity contribution in [2.24, 2.45) is 0 Å². The van der Waals surface area contributed by atoms with Crippen molar-refractivity contribution < 1.29 is 8.42 Å². The molecule has 0 amide bonds. The van der Waals surface area contributed by atoms with Crippen LogP contribution in [0.1, 0.15) is 67.7 Å². The topological polar surface area (TPSA) is 66.4 Å². The molecule has 1 saturated heterocycles. The van der Waals surface area contributed by atoms with Crippen molar-refractivity contribution in [2.45, 2.75) is 59.8 Å². The zero-order chi connectivity index (χ0) is 22.6. The van der Waals surface area contributed by atoms with Crippen LogP contribution in [0.3, 0.4) is 0 Å². The summed E-state index contributed by atoms with van der Waals surface area (Å²) in [6.07, 6.45) is 2.41. The SMILES string of the molecule is CCCS(=O)(=O)N1CCN(c2nc([C@H](C)CC)nc(C)c2Cc2cccc(C)c2)CC1. The number of aromatic nitrogens is 2. The van der Waals surface area contributed by atoms with E-state index in [0.29, 0.717) is 32.6 Å². The molecule has 170 valence electrons. The van der Waals surface area contributed by atoms with E-state index in [-0.39, 0.29) is 11.7 Å². The Morgan fingerprint density at radius 2 is 1.77 bits per heavy atom. The van der Waals surface area contributed by atoms with Crippen LogP contribution in [-0.2, 0) is 16.4 Å². The smallest absolute Gasteiger partial charge is 0.214 e. The van der Waals surface area contributed by atoms with Crippen molar-refractivity contribution in [3.63, 3.8) is 0 Å². The summed E-state index contributed by atoms with van der Waals surface area (Å²) in [6, 6.07) is 8.55. The molecule has 3 rings (SSSR count). The predicted molar refractivity (Wildman–Crippen MR) is 127 cm³/mol. The van der Waals surface area contributed by atoms with Crippen LogP contribution in [-0.4, -0.2) is 54.6 Å². The number of anilines is 1. The highest BCUT2D eigenvalue weighted by Crippen LogP contribution is 2.28. The van der Waals surface area contributed by atoms with Gasteiger partial charge in [-0.1, -0.05) is 50.6 Å². The Kier molecular flexibility index (Phi) is 7.70. The van der Waals surface area contributed by atoms with Crippen LogP contribution in [0.5, 0.6) is 0 Å². The first-order chi connectivity index (χ1) is 14.7. The predicted octanol–water partition coefficient (Wildman–Crippen LogP) is 4.06. The van der Waals surface area contributed by atoms with Crippen LogP contribution in [0.2, 0.25) is 0 Å². The standard InChI is InChI=1S/C24H36N4O2S/c1-6-15-31(29,30)28-13-11-27(12-14-28)24-22(17-21-10-8-9-18(3)16-21)20(5)25-23(26-24)19(4)7-2/h8-10,16,19H,6-7,11-15,17H2,1-5H3/t19-/m1/s1. The number of piperazine rings is 1. The van der Waals surface area contributed by atoms with Crippen molar-refractivity contribution >= 4 is 15.8 Å². The van der Waals surface area contributed by atoms with Crippen molar-refractivity contribution in [2.75, 3.05) is 36.8 Å². The molecule has 31 heavy (non-hydrogen) atoms. The molecule has 7 heteroatoms. The minimum absolute atomic E-state index is 0.219. The lowest BCUT2D eigenvalue weighted by atomic mass is 10.0. The second-order valence-electron chi connectivity index (χ2n) is 8.65. The Balaban J connectivity index is 1.92. The minimum atomic E-state index is -3.16. The normalized spacial score (nSPS) is 16.5. The van der Waals surface area contributed by atoms with Crippen molar-refractivity contribution in [3.8, 4) is 0 Å². The van der Waals surface area contributed by atoms with Gasteiger partial charge in [0.2, 0.25) is 10.0 Å². The fraction of sp³-hybridized carbons (Fsp3) is 0.583. The highest BCUT2D eigenvalue weighted by atomic mass is 32.2. The lowest BCUT2D eigenvalue weighted by Crippen LogP contribution is -2.49. The summed E-state index contributed by atoms with van der Waals surface area (Å²) in [5, 5.41) is 0. The van der Waals surface area contributed by atoms with Gasteiger partial charge in [-0.3, -0.25) is 0 Å². The Hall–Kier alpha value is -1.99. The molecule has 0 N–H and O–H groups in total. The maximum atomic E-state index is 12.5. The second kappa shape index (κ2) is 10.1. The average Bonchev–Trinajstić information content (AvgIpc) is 2.74. The van der Waals surface area contributed by atoms with Gasteiger partial charge >= 0.3 is 0 Å². The summed E-state index contributed by atoms with van der Waals surface area (Å²) >= 11 is 0. The second-order valence-corrected chi connectivity index (χ2v) is 10.7. The van der Waals surface area contributed by atoms with Gasteiger partial charge in [0.25, 0.3) is 0 Å². The van der Waals surface area contributed by atoms with E-state index in [9.17, 15) is 8.42 Å². The molecule has 1 aromatic carbocycles. The van der Waals surface area contributed by atoms with Crippen LogP contribution < -0.4 is 4.90 Å². The van der Waals surface area contributed by atoms with Gasteiger partial charge in [0, 0.05) is 49.8 Å². The first kappa shape index (κ1) is 23.7. The van der Waals surface area contributed by atoms with Crippen LogP contribution >= 0.6 is 0 Å². The lowest BCUT2D eigenvalue weighted by Gasteiger charge is -2.36. The zero-order valence-corrected chi connectivity index (χ0v) is 20.4. The Morgan fingerprint density at radius 1 is 1.06 bits per heavy atom. The summed E-state index contributed by atoms with van der Waals surface area (Å²) in [7, 11) is -3.16. The molecule has 0 unspecified atom stereocenters. The van der Waals surface area contributed by atoms with Gasteiger partial charge in [-0.25, -0.2) is 18.4 Å². The molecule has 6 nitrogen and oxygen atoms in total. The molecular formula is C24H36N4O2S. The molecular weight excluding hydrogens is 408 g/mol. The van der Waals surface area contributed by atoms with E-state index >= 15 is 0 Å². The molecule has 1 aliphatic rings. The number of hydrogen-bond donors (Lipinski definition) is 0. The summed E-state index contributed by atoms with van der Waals surface area (Å²) in [5.41, 5.74) is 4.64. The summed E-state index contributed by atoms with van der Waals surface area (Å²) < 4.78 is 26.6. The minimum Gasteiger partial charge on any atom is -0.354 e. The molecule has 1 atom stereocenters. The molecule has 2 aromatic rings. The summed E-state index contributed by atoms with van der Waals surface area (Å²) in [5.74, 6) is 2.36. The molecule has 1 aromatic heterocycles. The van der Waals surface area contributed by atoms with Crippen molar-refractivity contribution in [3.05, 3.63) is 52.5 Å². The number of benzene rings is 1. The first-order valence-corrected chi connectivity index (χ1v) is 13.0. The van der Waals surface area contributed by atoms with E-state index in [2.05, 4.69) is 56.9 Å². The van der Waals surface area contributed by atoms with Crippen LogP contribution in [0.15, 0.2) is 24.3 Å². The fourth-order valence-electron chi connectivity index (χ4n) is 4.06. The number of sulfonamides is 1. The largest absolute Gasteiger partial charge is 0.354 e. The fourth-order valence-corrected chi connectivity index (χ4v) is 5.56. The quantitative estimate of drug-likeness (QED) is 0.614. The Morgan fingerprint density at radius 3 is 2.39 bits per heavy atom. The molecule has 0 saturated carbocycles. The van der Waals surface area contributed by atoms with Gasteiger partial charge in [0.1, 0.15) is 11.6 Å². The maximum absolute atomic E-state index is 12.5. The third kappa shape index (κ3) is 5.63. The highest BCUT2D eigenvalue weighted by Gasteiger charge is 2.28. The number of rotatable bonds is 8. The zero-order valence-electron chi connectivity index (χ0n) is 19.6. The summed E-state index contributed by atoms with van der Waals surface area (Å²) in [4.78, 5) is 12.1. The monoisotopic (exact) mass is 444 g/mol. The molecule has 0 aliphatic carbocycles. The van der Waals surface area contributed by atoms with Gasteiger partial charge in [0.05, 0.1) is 5.75 Å². The van der Waals surface area contributed by atoms with E-state index in [4.69, 9.17) is 9.97 Å². The van der Waals surface area contributed by atoms with Gasteiger partial charge in [0.15, 0.2) is 0 Å². The molecule has 1 aliphatic heterocycles. The molecule has 2 heterocycles. The Labute approximate surface area is 187 Å².